The summed E-state index contributed by atoms with van der Waals surface area (Å²) >= 11 is 0. The predicted molar refractivity (Wildman–Crippen MR) is 118 cm³/mol. The van der Waals surface area contributed by atoms with E-state index in [0.29, 0.717) is 46.2 Å². The van der Waals surface area contributed by atoms with Gasteiger partial charge in [-0.2, -0.15) is 0 Å². The summed E-state index contributed by atoms with van der Waals surface area (Å²) in [4.78, 5) is 30.9. The number of aliphatic carboxylic acids is 1. The molecule has 3 rings (SSSR count). The number of fused-ring (bicyclic) bond motifs is 2. The van der Waals surface area contributed by atoms with Crippen LogP contribution >= 0.6 is 0 Å². The number of nitrogens with zero attached hydrogens (tertiary/aromatic N) is 2. The van der Waals surface area contributed by atoms with Crippen LogP contribution in [-0.2, 0) is 27.4 Å². The number of amides is 1. The number of rotatable bonds is 8. The molecular formula is C23H28N2O7. The van der Waals surface area contributed by atoms with E-state index < -0.39 is 11.6 Å². The third kappa shape index (κ3) is 4.57. The van der Waals surface area contributed by atoms with E-state index in [1.165, 1.54) is 19.3 Å². The normalized spacial score (nSPS) is 12.4. The summed E-state index contributed by atoms with van der Waals surface area (Å²) in [5.74, 6) is 0.741. The van der Waals surface area contributed by atoms with Gasteiger partial charge in [-0.15, -0.1) is 0 Å². The van der Waals surface area contributed by atoms with Crippen LogP contribution in [0, 0.1) is 0 Å². The number of carbonyl (C=O) groups is 2. The maximum Gasteiger partial charge on any atom is 0.308 e. The van der Waals surface area contributed by atoms with Gasteiger partial charge in [-0.25, -0.2) is 5.06 Å². The minimum Gasteiger partial charge on any atom is -0.496 e. The lowest BCUT2D eigenvalue weighted by Crippen LogP contribution is -2.33. The molecule has 0 saturated carbocycles. The number of hydrogen-bond donors (Lipinski definition) is 1. The second-order valence-corrected chi connectivity index (χ2v) is 8.31. The van der Waals surface area contributed by atoms with Gasteiger partial charge < -0.3 is 24.2 Å². The van der Waals surface area contributed by atoms with Gasteiger partial charge in [0, 0.05) is 7.05 Å². The predicted octanol–water partition coefficient (Wildman–Crippen LogP) is 3.89. The van der Waals surface area contributed by atoms with E-state index in [9.17, 15) is 14.7 Å². The second-order valence-electron chi connectivity index (χ2n) is 8.31. The van der Waals surface area contributed by atoms with Crippen LogP contribution in [0.3, 0.4) is 0 Å². The molecule has 9 heteroatoms. The number of carboxylic acids is 1. The lowest BCUT2D eigenvalue weighted by molar-refractivity contribution is -0.220. The number of carboxylic acid groups (broad SMARTS) is 1. The van der Waals surface area contributed by atoms with Crippen molar-refractivity contribution in [3.63, 3.8) is 0 Å². The number of methoxy groups -OCH3 is 2. The number of anilines is 2. The summed E-state index contributed by atoms with van der Waals surface area (Å²) in [7, 11) is 4.87. The van der Waals surface area contributed by atoms with Crippen molar-refractivity contribution in [1.29, 1.82) is 0 Å². The fourth-order valence-electron chi connectivity index (χ4n) is 3.63. The van der Waals surface area contributed by atoms with Crippen LogP contribution in [0.25, 0.3) is 0 Å². The van der Waals surface area contributed by atoms with Gasteiger partial charge in [0.15, 0.2) is 11.5 Å². The van der Waals surface area contributed by atoms with Crippen LogP contribution in [0.15, 0.2) is 24.3 Å². The van der Waals surface area contributed by atoms with Crippen molar-refractivity contribution in [1.82, 2.24) is 5.06 Å². The molecule has 0 aliphatic carbocycles. The topological polar surface area (TPSA) is 97.8 Å². The lowest BCUT2D eigenvalue weighted by Gasteiger charge is -2.34. The van der Waals surface area contributed by atoms with E-state index in [2.05, 4.69) is 0 Å². The third-order valence-electron chi connectivity index (χ3n) is 4.91. The van der Waals surface area contributed by atoms with Gasteiger partial charge in [-0.3, -0.25) is 14.4 Å². The lowest BCUT2D eigenvalue weighted by atomic mass is 10.0. The highest BCUT2D eigenvalue weighted by atomic mass is 16.7. The molecule has 1 N–H and O–H groups in total. The summed E-state index contributed by atoms with van der Waals surface area (Å²) in [6.07, 6.45) is 0.325. The average Bonchev–Trinajstić information content (AvgIpc) is 2.72. The molecule has 172 valence electrons. The third-order valence-corrected chi connectivity index (χ3v) is 4.91. The Balaban J connectivity index is 2.14. The number of hydrogen-bond acceptors (Lipinski definition) is 7. The van der Waals surface area contributed by atoms with E-state index in [4.69, 9.17) is 19.0 Å². The molecule has 32 heavy (non-hydrogen) atoms. The summed E-state index contributed by atoms with van der Waals surface area (Å²) in [6, 6.07) is 7.17. The molecule has 0 radical (unpaired) electrons. The summed E-state index contributed by atoms with van der Waals surface area (Å²) < 4.78 is 17.2. The van der Waals surface area contributed by atoms with Crippen LogP contribution < -0.4 is 19.1 Å². The Morgan fingerprint density at radius 3 is 2.06 bits per heavy atom. The van der Waals surface area contributed by atoms with Crippen molar-refractivity contribution in [3.05, 3.63) is 35.4 Å². The van der Waals surface area contributed by atoms with Gasteiger partial charge in [0.1, 0.15) is 11.5 Å². The first-order valence-electron chi connectivity index (χ1n) is 10.0. The highest BCUT2D eigenvalue weighted by Crippen LogP contribution is 2.52. The first kappa shape index (κ1) is 23.2. The van der Waals surface area contributed by atoms with E-state index in [0.717, 1.165) is 5.69 Å². The Morgan fingerprint density at radius 1 is 1.06 bits per heavy atom. The summed E-state index contributed by atoms with van der Waals surface area (Å²) in [5.41, 5.74) is 1.85. The zero-order chi connectivity index (χ0) is 23.6. The fraction of sp³-hybridized carbons (Fsp3) is 0.391. The molecule has 2 aromatic rings. The Hall–Kier alpha value is -3.46. The molecule has 1 amide bonds. The Bertz CT molecular complexity index is 1030. The van der Waals surface area contributed by atoms with Gasteiger partial charge in [0.25, 0.3) is 0 Å². The second kappa shape index (κ2) is 8.96. The minimum absolute atomic E-state index is 0.0640. The number of benzene rings is 2. The number of carbonyl (C=O) groups excluding carboxylic acids is 1. The van der Waals surface area contributed by atoms with Crippen LogP contribution in [0.4, 0.5) is 11.4 Å². The zero-order valence-corrected chi connectivity index (χ0v) is 19.1. The van der Waals surface area contributed by atoms with Crippen LogP contribution in [-0.4, -0.2) is 49.4 Å². The Morgan fingerprint density at radius 2 is 1.59 bits per heavy atom. The van der Waals surface area contributed by atoms with Crippen molar-refractivity contribution >= 4 is 23.8 Å². The SMILES string of the molecule is COc1ccc2c(c1CC(=O)O)Oc1c(ccc(OC)c1CN(C=O)OC(C)(C)C)N2C. The molecule has 0 saturated heterocycles. The Labute approximate surface area is 187 Å². The highest BCUT2D eigenvalue weighted by Gasteiger charge is 2.31. The quantitative estimate of drug-likeness (QED) is 0.484. The van der Waals surface area contributed by atoms with Crippen molar-refractivity contribution < 1.29 is 33.7 Å². The van der Waals surface area contributed by atoms with Gasteiger partial charge in [-0.05, 0) is 45.0 Å². The molecule has 2 aromatic carbocycles. The molecule has 1 aliphatic heterocycles. The van der Waals surface area contributed by atoms with Crippen LogP contribution in [0.1, 0.15) is 31.9 Å². The molecule has 1 heterocycles. The smallest absolute Gasteiger partial charge is 0.308 e. The van der Waals surface area contributed by atoms with Crippen molar-refractivity contribution in [2.24, 2.45) is 0 Å². The van der Waals surface area contributed by atoms with Crippen molar-refractivity contribution in [2.75, 3.05) is 26.2 Å². The number of hydroxylamine groups is 2. The van der Waals surface area contributed by atoms with E-state index in [1.807, 2.05) is 44.9 Å². The first-order chi connectivity index (χ1) is 15.1. The molecule has 9 nitrogen and oxygen atoms in total. The molecular weight excluding hydrogens is 416 g/mol. The standard InChI is InChI=1S/C23H28N2O7/c1-23(2,3)32-25(13-26)12-15-19(30-6)10-8-17-22(15)31-21-14(11-20(27)28)18(29-5)9-7-16(21)24(17)4/h7-10,13H,11-12H2,1-6H3,(H,27,28). The van der Waals surface area contributed by atoms with Crippen LogP contribution in [0.2, 0.25) is 0 Å². The fourth-order valence-corrected chi connectivity index (χ4v) is 3.63. The van der Waals surface area contributed by atoms with Gasteiger partial charge in [0.05, 0.1) is 55.3 Å². The molecule has 0 bridgehead atoms. The molecule has 1 aliphatic rings. The van der Waals surface area contributed by atoms with E-state index >= 15 is 0 Å². The van der Waals surface area contributed by atoms with E-state index in [-0.39, 0.29) is 13.0 Å². The zero-order valence-electron chi connectivity index (χ0n) is 19.1. The number of ether oxygens (including phenoxy) is 3. The van der Waals surface area contributed by atoms with Gasteiger partial charge in [-0.1, -0.05) is 0 Å². The molecule has 0 spiro atoms. The van der Waals surface area contributed by atoms with Gasteiger partial charge in [0.2, 0.25) is 6.41 Å². The van der Waals surface area contributed by atoms with Crippen LogP contribution in [0.5, 0.6) is 23.0 Å². The maximum atomic E-state index is 11.7. The average molecular weight is 444 g/mol. The Kier molecular flexibility index (Phi) is 6.50. The minimum atomic E-state index is -1.01. The maximum absolute atomic E-state index is 11.7. The largest absolute Gasteiger partial charge is 0.496 e. The first-order valence-corrected chi connectivity index (χ1v) is 10.0. The van der Waals surface area contributed by atoms with Gasteiger partial charge >= 0.3 is 5.97 Å². The highest BCUT2D eigenvalue weighted by molar-refractivity contribution is 5.84. The molecule has 0 fully saturated rings. The van der Waals surface area contributed by atoms with Crippen molar-refractivity contribution in [2.45, 2.75) is 39.3 Å². The summed E-state index contributed by atoms with van der Waals surface area (Å²) in [6.45, 7) is 5.58. The van der Waals surface area contributed by atoms with Crippen molar-refractivity contribution in [3.8, 4) is 23.0 Å². The summed E-state index contributed by atoms with van der Waals surface area (Å²) in [5, 5.41) is 10.6. The monoisotopic (exact) mass is 444 g/mol. The molecule has 0 atom stereocenters. The molecule has 0 unspecified atom stereocenters. The van der Waals surface area contributed by atoms with E-state index in [1.54, 1.807) is 12.1 Å². The molecule has 0 aromatic heterocycles.